The Morgan fingerprint density at radius 2 is 2.20 bits per heavy atom. The van der Waals surface area contributed by atoms with Gasteiger partial charge in [0.2, 0.25) is 11.8 Å². The highest BCUT2D eigenvalue weighted by Crippen LogP contribution is 2.11. The number of carbonyl (C=O) groups excluding carboxylic acids is 2. The summed E-state index contributed by atoms with van der Waals surface area (Å²) >= 11 is 0. The number of amides is 2. The SMILES string of the molecule is CCC(=O)Nc1cc(C(N)=O)c(C)cn1. The highest BCUT2D eigenvalue weighted by Gasteiger charge is 2.08. The van der Waals surface area contributed by atoms with Crippen molar-refractivity contribution in [2.45, 2.75) is 20.3 Å². The second-order valence-electron chi connectivity index (χ2n) is 3.15. The third-order valence-electron chi connectivity index (χ3n) is 1.96. The molecule has 0 aliphatic carbocycles. The molecule has 0 bridgehead atoms. The van der Waals surface area contributed by atoms with Crippen LogP contribution in [0.5, 0.6) is 0 Å². The molecule has 0 spiro atoms. The van der Waals surface area contributed by atoms with Crippen LogP contribution in [0.15, 0.2) is 12.3 Å². The van der Waals surface area contributed by atoms with Crippen molar-refractivity contribution in [3.63, 3.8) is 0 Å². The van der Waals surface area contributed by atoms with Gasteiger partial charge in [-0.15, -0.1) is 0 Å². The number of pyridine rings is 1. The molecule has 1 heterocycles. The second-order valence-corrected chi connectivity index (χ2v) is 3.15. The van der Waals surface area contributed by atoms with E-state index in [0.29, 0.717) is 23.4 Å². The zero-order valence-electron chi connectivity index (χ0n) is 8.70. The maximum absolute atomic E-state index is 11.1. The second kappa shape index (κ2) is 4.54. The zero-order chi connectivity index (χ0) is 11.4. The summed E-state index contributed by atoms with van der Waals surface area (Å²) in [6.45, 7) is 3.47. The normalized spacial score (nSPS) is 9.73. The molecule has 2 amide bonds. The number of anilines is 1. The van der Waals surface area contributed by atoms with E-state index >= 15 is 0 Å². The Hall–Kier alpha value is -1.91. The summed E-state index contributed by atoms with van der Waals surface area (Å²) in [5.41, 5.74) is 6.23. The van der Waals surface area contributed by atoms with Gasteiger partial charge in [-0.05, 0) is 18.6 Å². The minimum Gasteiger partial charge on any atom is -0.366 e. The molecule has 0 saturated carbocycles. The number of nitrogens with zero attached hydrogens (tertiary/aromatic N) is 1. The number of aromatic nitrogens is 1. The van der Waals surface area contributed by atoms with Crippen LogP contribution in [0.1, 0.15) is 29.3 Å². The monoisotopic (exact) mass is 207 g/mol. The lowest BCUT2D eigenvalue weighted by molar-refractivity contribution is -0.115. The van der Waals surface area contributed by atoms with Crippen LogP contribution in [0.25, 0.3) is 0 Å². The van der Waals surface area contributed by atoms with Crippen LogP contribution in [0, 0.1) is 6.92 Å². The fourth-order valence-electron chi connectivity index (χ4n) is 1.09. The molecule has 5 heteroatoms. The van der Waals surface area contributed by atoms with E-state index in [-0.39, 0.29) is 5.91 Å². The maximum Gasteiger partial charge on any atom is 0.249 e. The Kier molecular flexibility index (Phi) is 3.38. The van der Waals surface area contributed by atoms with E-state index in [9.17, 15) is 9.59 Å². The first-order chi connectivity index (χ1) is 7.04. The van der Waals surface area contributed by atoms with E-state index in [1.807, 2.05) is 0 Å². The fraction of sp³-hybridized carbons (Fsp3) is 0.300. The molecule has 0 atom stereocenters. The molecule has 0 aliphatic heterocycles. The Balaban J connectivity index is 2.97. The molecule has 5 nitrogen and oxygen atoms in total. The molecule has 1 aromatic rings. The Morgan fingerprint density at radius 3 is 2.73 bits per heavy atom. The standard InChI is InChI=1S/C10H13N3O2/c1-3-9(14)13-8-4-7(10(11)15)6(2)5-12-8/h4-5H,3H2,1-2H3,(H2,11,15)(H,12,13,14). The molecule has 0 unspecified atom stereocenters. The summed E-state index contributed by atoms with van der Waals surface area (Å²) < 4.78 is 0. The summed E-state index contributed by atoms with van der Waals surface area (Å²) in [6.07, 6.45) is 1.87. The van der Waals surface area contributed by atoms with Crippen molar-refractivity contribution >= 4 is 17.6 Å². The summed E-state index contributed by atoms with van der Waals surface area (Å²) in [6, 6.07) is 1.48. The van der Waals surface area contributed by atoms with E-state index in [1.54, 1.807) is 13.8 Å². The van der Waals surface area contributed by atoms with E-state index in [4.69, 9.17) is 5.73 Å². The van der Waals surface area contributed by atoms with Crippen molar-refractivity contribution in [2.75, 3.05) is 5.32 Å². The van der Waals surface area contributed by atoms with E-state index in [0.717, 1.165) is 0 Å². The fourth-order valence-corrected chi connectivity index (χ4v) is 1.09. The third kappa shape index (κ3) is 2.77. The molecule has 0 saturated heterocycles. The minimum absolute atomic E-state index is 0.151. The molecule has 1 aromatic heterocycles. The van der Waals surface area contributed by atoms with Crippen molar-refractivity contribution in [2.24, 2.45) is 5.73 Å². The first kappa shape index (κ1) is 11.2. The predicted octanol–water partition coefficient (Wildman–Crippen LogP) is 0.837. The van der Waals surface area contributed by atoms with Crippen LogP contribution < -0.4 is 11.1 Å². The number of rotatable bonds is 3. The largest absolute Gasteiger partial charge is 0.366 e. The number of hydrogen-bond acceptors (Lipinski definition) is 3. The summed E-state index contributed by atoms with van der Waals surface area (Å²) in [5.74, 6) is -0.329. The van der Waals surface area contributed by atoms with Crippen LogP contribution in [-0.2, 0) is 4.79 Å². The number of carbonyl (C=O) groups is 2. The van der Waals surface area contributed by atoms with Gasteiger partial charge in [-0.1, -0.05) is 6.92 Å². The van der Waals surface area contributed by atoms with Crippen LogP contribution >= 0.6 is 0 Å². The lowest BCUT2D eigenvalue weighted by Crippen LogP contribution is -2.16. The van der Waals surface area contributed by atoms with Crippen LogP contribution in [0.2, 0.25) is 0 Å². The van der Waals surface area contributed by atoms with Gasteiger partial charge in [0, 0.05) is 18.2 Å². The molecular weight excluding hydrogens is 194 g/mol. The molecule has 3 N–H and O–H groups in total. The van der Waals surface area contributed by atoms with E-state index in [1.165, 1.54) is 12.3 Å². The molecule has 0 fully saturated rings. The predicted molar refractivity (Wildman–Crippen MR) is 56.4 cm³/mol. The number of nitrogens with two attached hydrogens (primary N) is 1. The highest BCUT2D eigenvalue weighted by molar-refractivity contribution is 5.96. The van der Waals surface area contributed by atoms with Gasteiger partial charge in [0.1, 0.15) is 5.82 Å². The van der Waals surface area contributed by atoms with Gasteiger partial charge in [0.05, 0.1) is 0 Å². The van der Waals surface area contributed by atoms with Crippen molar-refractivity contribution < 1.29 is 9.59 Å². The zero-order valence-corrected chi connectivity index (χ0v) is 8.70. The van der Waals surface area contributed by atoms with Gasteiger partial charge in [0.25, 0.3) is 0 Å². The molecule has 0 aliphatic rings. The van der Waals surface area contributed by atoms with Gasteiger partial charge in [-0.3, -0.25) is 9.59 Å². The third-order valence-corrected chi connectivity index (χ3v) is 1.96. The summed E-state index contributed by atoms with van der Waals surface area (Å²) in [7, 11) is 0. The quantitative estimate of drug-likeness (QED) is 0.770. The number of primary amides is 1. The lowest BCUT2D eigenvalue weighted by atomic mass is 10.1. The Morgan fingerprint density at radius 1 is 1.53 bits per heavy atom. The van der Waals surface area contributed by atoms with Gasteiger partial charge in [0.15, 0.2) is 0 Å². The number of aryl methyl sites for hydroxylation is 1. The molecule has 1 rings (SSSR count). The average Bonchev–Trinajstić information content (AvgIpc) is 2.20. The number of nitrogens with one attached hydrogen (secondary N) is 1. The van der Waals surface area contributed by atoms with Crippen molar-refractivity contribution in [3.05, 3.63) is 23.4 Å². The molecule has 0 radical (unpaired) electrons. The van der Waals surface area contributed by atoms with Crippen LogP contribution in [0.3, 0.4) is 0 Å². The molecular formula is C10H13N3O2. The van der Waals surface area contributed by atoms with Gasteiger partial charge in [-0.2, -0.15) is 0 Å². The average molecular weight is 207 g/mol. The van der Waals surface area contributed by atoms with Crippen molar-refractivity contribution in [1.82, 2.24) is 4.98 Å². The van der Waals surface area contributed by atoms with E-state index in [2.05, 4.69) is 10.3 Å². The summed E-state index contributed by atoms with van der Waals surface area (Å²) in [4.78, 5) is 26.1. The first-order valence-electron chi connectivity index (χ1n) is 4.61. The highest BCUT2D eigenvalue weighted by atomic mass is 16.2. The maximum atomic E-state index is 11.1. The van der Waals surface area contributed by atoms with E-state index < -0.39 is 5.91 Å². The smallest absolute Gasteiger partial charge is 0.249 e. The van der Waals surface area contributed by atoms with Crippen LogP contribution in [0.4, 0.5) is 5.82 Å². The minimum atomic E-state index is -0.526. The Bertz CT molecular complexity index is 402. The van der Waals surface area contributed by atoms with Crippen molar-refractivity contribution in [1.29, 1.82) is 0 Å². The van der Waals surface area contributed by atoms with Crippen LogP contribution in [-0.4, -0.2) is 16.8 Å². The lowest BCUT2D eigenvalue weighted by Gasteiger charge is -2.05. The molecule has 15 heavy (non-hydrogen) atoms. The molecule has 80 valence electrons. The van der Waals surface area contributed by atoms with Gasteiger partial charge < -0.3 is 11.1 Å². The topological polar surface area (TPSA) is 85.1 Å². The first-order valence-corrected chi connectivity index (χ1v) is 4.61. The molecule has 0 aromatic carbocycles. The Labute approximate surface area is 87.7 Å². The van der Waals surface area contributed by atoms with Crippen molar-refractivity contribution in [3.8, 4) is 0 Å². The van der Waals surface area contributed by atoms with Gasteiger partial charge in [-0.25, -0.2) is 4.98 Å². The number of hydrogen-bond donors (Lipinski definition) is 2. The van der Waals surface area contributed by atoms with Gasteiger partial charge >= 0.3 is 0 Å². The summed E-state index contributed by atoms with van der Waals surface area (Å²) in [5, 5.41) is 2.56.